The average Bonchev–Trinajstić information content (AvgIpc) is 3.11. The van der Waals surface area contributed by atoms with Crippen LogP contribution in [-0.2, 0) is 4.79 Å². The van der Waals surface area contributed by atoms with Crippen LogP contribution in [0.15, 0.2) is 52.9 Å². The summed E-state index contributed by atoms with van der Waals surface area (Å²) in [5, 5.41) is 6.04. The van der Waals surface area contributed by atoms with Crippen molar-refractivity contribution in [2.45, 2.75) is 26.8 Å². The van der Waals surface area contributed by atoms with Gasteiger partial charge in [0.2, 0.25) is 5.91 Å². The van der Waals surface area contributed by atoms with E-state index in [9.17, 15) is 9.59 Å². The van der Waals surface area contributed by atoms with Crippen LogP contribution in [0.5, 0.6) is 0 Å². The van der Waals surface area contributed by atoms with Crippen LogP contribution in [-0.4, -0.2) is 15.5 Å². The van der Waals surface area contributed by atoms with Gasteiger partial charge in [0.1, 0.15) is 10.9 Å². The number of thiophene rings is 1. The van der Waals surface area contributed by atoms with Crippen LogP contribution in [0.3, 0.4) is 0 Å². The first-order chi connectivity index (χ1) is 14.7. The number of hydrogen-bond acceptors (Lipinski definition) is 4. The molecule has 1 amide bonds. The number of fused-ring (bicyclic) bond motifs is 1. The second-order valence-corrected chi connectivity index (χ2v) is 9.16. The molecule has 4 aromatic rings. The largest absolute Gasteiger partial charge is 0.324 e. The van der Waals surface area contributed by atoms with Crippen LogP contribution >= 0.6 is 34.5 Å². The molecule has 1 unspecified atom stereocenters. The van der Waals surface area contributed by atoms with Crippen molar-refractivity contribution in [2.75, 3.05) is 5.32 Å². The topological polar surface area (TPSA) is 64.0 Å². The van der Waals surface area contributed by atoms with Gasteiger partial charge in [0.25, 0.3) is 5.56 Å². The summed E-state index contributed by atoms with van der Waals surface area (Å²) in [7, 11) is 0. The van der Waals surface area contributed by atoms with E-state index in [1.165, 1.54) is 22.2 Å². The van der Waals surface area contributed by atoms with Gasteiger partial charge in [-0.3, -0.25) is 14.2 Å². The molecular formula is C23H19Cl2N3O2S. The Balaban J connectivity index is 1.73. The molecule has 8 heteroatoms. The molecule has 0 aliphatic heterocycles. The molecule has 5 nitrogen and oxygen atoms in total. The van der Waals surface area contributed by atoms with Gasteiger partial charge in [0, 0.05) is 26.7 Å². The molecule has 0 spiro atoms. The summed E-state index contributed by atoms with van der Waals surface area (Å²) >= 11 is 13.4. The molecule has 4 rings (SSSR count). The van der Waals surface area contributed by atoms with Gasteiger partial charge in [-0.05, 0) is 50.1 Å². The van der Waals surface area contributed by atoms with Crippen molar-refractivity contribution >= 4 is 56.3 Å². The third-order valence-electron chi connectivity index (χ3n) is 5.12. The fourth-order valence-corrected chi connectivity index (χ4v) is 4.96. The van der Waals surface area contributed by atoms with Gasteiger partial charge in [-0.1, -0.05) is 47.0 Å². The number of amides is 1. The number of hydrogen-bond donors (Lipinski definition) is 1. The smallest absolute Gasteiger partial charge is 0.263 e. The lowest BCUT2D eigenvalue weighted by atomic mass is 9.99. The highest BCUT2D eigenvalue weighted by Gasteiger charge is 2.21. The molecule has 158 valence electrons. The Hall–Kier alpha value is -2.67. The average molecular weight is 472 g/mol. The molecule has 1 atom stereocenters. The van der Waals surface area contributed by atoms with Crippen molar-refractivity contribution in [2.24, 2.45) is 0 Å². The molecule has 31 heavy (non-hydrogen) atoms. The van der Waals surface area contributed by atoms with Crippen LogP contribution < -0.4 is 10.9 Å². The lowest BCUT2D eigenvalue weighted by molar-refractivity contribution is -0.118. The molecule has 0 aliphatic carbocycles. The zero-order chi connectivity index (χ0) is 22.3. The Morgan fingerprint density at radius 3 is 2.48 bits per heavy atom. The monoisotopic (exact) mass is 471 g/mol. The van der Waals surface area contributed by atoms with Gasteiger partial charge in [0.05, 0.1) is 11.7 Å². The summed E-state index contributed by atoms with van der Waals surface area (Å²) in [5.74, 6) is -0.370. The highest BCUT2D eigenvalue weighted by atomic mass is 35.5. The van der Waals surface area contributed by atoms with E-state index in [2.05, 4.69) is 16.4 Å². The first-order valence-corrected chi connectivity index (χ1v) is 11.2. The predicted octanol–water partition coefficient (Wildman–Crippen LogP) is 6.25. The number of aryl methyl sites for hydroxylation is 2. The highest BCUT2D eigenvalue weighted by molar-refractivity contribution is 7.17. The Morgan fingerprint density at radius 1 is 1.10 bits per heavy atom. The van der Waals surface area contributed by atoms with Crippen molar-refractivity contribution in [1.29, 1.82) is 0 Å². The minimum absolute atomic E-state index is 0.256. The number of halogens is 2. The molecule has 2 aromatic carbocycles. The van der Waals surface area contributed by atoms with Crippen molar-refractivity contribution in [3.8, 4) is 11.1 Å². The molecule has 0 saturated carbocycles. The summed E-state index contributed by atoms with van der Waals surface area (Å²) in [5.41, 5.74) is 4.26. The van der Waals surface area contributed by atoms with Gasteiger partial charge in [0.15, 0.2) is 0 Å². The van der Waals surface area contributed by atoms with Gasteiger partial charge in [-0.15, -0.1) is 11.3 Å². The Labute approximate surface area is 193 Å². The third kappa shape index (κ3) is 4.24. The number of carbonyl (C=O) groups is 1. The van der Waals surface area contributed by atoms with Gasteiger partial charge >= 0.3 is 0 Å². The summed E-state index contributed by atoms with van der Waals surface area (Å²) < 4.78 is 1.35. The lowest BCUT2D eigenvalue weighted by Gasteiger charge is -2.15. The maximum Gasteiger partial charge on any atom is 0.263 e. The maximum atomic E-state index is 13.4. The normalized spacial score (nSPS) is 12.2. The third-order valence-corrected chi connectivity index (χ3v) is 6.44. The van der Waals surface area contributed by atoms with Crippen LogP contribution in [0.1, 0.15) is 24.1 Å². The number of aromatic nitrogens is 2. The molecule has 0 fully saturated rings. The second kappa shape index (κ2) is 8.46. The minimum atomic E-state index is -0.783. The summed E-state index contributed by atoms with van der Waals surface area (Å²) in [4.78, 5) is 31.3. The van der Waals surface area contributed by atoms with E-state index in [4.69, 9.17) is 23.2 Å². The molecule has 2 heterocycles. The highest BCUT2D eigenvalue weighted by Crippen LogP contribution is 2.33. The second-order valence-electron chi connectivity index (χ2n) is 7.43. The minimum Gasteiger partial charge on any atom is -0.324 e. The molecule has 0 radical (unpaired) electrons. The van der Waals surface area contributed by atoms with Crippen LogP contribution in [0.4, 0.5) is 5.69 Å². The summed E-state index contributed by atoms with van der Waals surface area (Å²) in [6, 6.07) is 10.1. The maximum absolute atomic E-state index is 13.4. The molecular weight excluding hydrogens is 453 g/mol. The van der Waals surface area contributed by atoms with Crippen molar-refractivity contribution in [3.63, 3.8) is 0 Å². The van der Waals surface area contributed by atoms with Crippen LogP contribution in [0.2, 0.25) is 10.0 Å². The number of nitrogens with zero attached hydrogens (tertiary/aromatic N) is 2. The van der Waals surface area contributed by atoms with Crippen molar-refractivity contribution < 1.29 is 4.79 Å². The summed E-state index contributed by atoms with van der Waals surface area (Å²) in [6.45, 7) is 5.71. The molecule has 0 aliphatic rings. The van der Waals surface area contributed by atoms with Crippen LogP contribution in [0, 0.1) is 13.8 Å². The summed E-state index contributed by atoms with van der Waals surface area (Å²) in [6.07, 6.45) is 1.42. The van der Waals surface area contributed by atoms with E-state index in [0.717, 1.165) is 22.3 Å². The first-order valence-electron chi connectivity index (χ1n) is 9.57. The van der Waals surface area contributed by atoms with Gasteiger partial charge in [-0.25, -0.2) is 4.98 Å². The van der Waals surface area contributed by atoms with E-state index in [1.54, 1.807) is 25.1 Å². The van der Waals surface area contributed by atoms with E-state index < -0.39 is 6.04 Å². The number of anilines is 1. The molecule has 0 saturated heterocycles. The van der Waals surface area contributed by atoms with E-state index in [-0.39, 0.29) is 11.5 Å². The number of carbonyl (C=O) groups excluding carboxylic acids is 1. The molecule has 0 bridgehead atoms. The van der Waals surface area contributed by atoms with E-state index in [0.29, 0.717) is 25.9 Å². The molecule has 2 aromatic heterocycles. The Kier molecular flexibility index (Phi) is 5.88. The Bertz CT molecular complexity index is 1360. The molecule has 1 N–H and O–H groups in total. The van der Waals surface area contributed by atoms with Crippen molar-refractivity contribution in [1.82, 2.24) is 9.55 Å². The van der Waals surface area contributed by atoms with Gasteiger partial charge < -0.3 is 5.32 Å². The fourth-order valence-electron chi connectivity index (χ4n) is 3.53. The standard InChI is InChI=1S/C23H19Cl2N3O2S/c1-12-4-5-18(13(2)6-12)19-10-31-22-20(19)23(30)28(11-26-22)14(3)21(29)27-17-8-15(24)7-16(25)9-17/h4-11,14H,1-3H3,(H,27,29). The van der Waals surface area contributed by atoms with Crippen molar-refractivity contribution in [3.05, 3.63) is 79.6 Å². The van der Waals surface area contributed by atoms with Crippen LogP contribution in [0.25, 0.3) is 21.3 Å². The SMILES string of the molecule is Cc1ccc(-c2csc3ncn(C(C)C(=O)Nc4cc(Cl)cc(Cl)c4)c(=O)c23)c(C)c1. The van der Waals surface area contributed by atoms with Gasteiger partial charge in [-0.2, -0.15) is 0 Å². The number of benzene rings is 2. The quantitative estimate of drug-likeness (QED) is 0.382. The van der Waals surface area contributed by atoms with E-state index >= 15 is 0 Å². The number of nitrogens with one attached hydrogen (secondary N) is 1. The fraction of sp³-hybridized carbons (Fsp3) is 0.174. The Morgan fingerprint density at radius 2 is 1.81 bits per heavy atom. The first kappa shape index (κ1) is 21.6. The van der Waals surface area contributed by atoms with E-state index in [1.807, 2.05) is 31.4 Å². The predicted molar refractivity (Wildman–Crippen MR) is 129 cm³/mol. The number of rotatable bonds is 4. The zero-order valence-corrected chi connectivity index (χ0v) is 19.4. The lowest BCUT2D eigenvalue weighted by Crippen LogP contribution is -2.31. The zero-order valence-electron chi connectivity index (χ0n) is 17.1.